The van der Waals surface area contributed by atoms with Crippen LogP contribution in [0.1, 0.15) is 98.1 Å². The van der Waals surface area contributed by atoms with Gasteiger partial charge < -0.3 is 19.7 Å². The number of fused-ring (bicyclic) bond motifs is 2. The van der Waals surface area contributed by atoms with Gasteiger partial charge in [0.1, 0.15) is 12.3 Å². The Morgan fingerprint density at radius 1 is 0.726 bits per heavy atom. The number of allylic oxidation sites excluding steroid dienone is 8. The summed E-state index contributed by atoms with van der Waals surface area (Å²) in [5.74, 6) is -0.532. The van der Waals surface area contributed by atoms with Crippen molar-refractivity contribution in [1.82, 2.24) is 5.32 Å². The first-order valence-electron chi connectivity index (χ1n) is 24.9. The maximum absolute atomic E-state index is 13.5. The van der Waals surface area contributed by atoms with E-state index in [1.807, 2.05) is 105 Å². The molecule has 5 aromatic carbocycles. The summed E-state index contributed by atoms with van der Waals surface area (Å²) in [4.78, 5) is 41.5. The summed E-state index contributed by atoms with van der Waals surface area (Å²) in [5.41, 5.74) is 6.51. The fraction of sp³-hybridized carbons (Fsp3) is 0.300. The molecule has 2 aliphatic rings. The molecule has 0 saturated heterocycles. The summed E-state index contributed by atoms with van der Waals surface area (Å²) in [6.07, 6.45) is 18.3. The minimum absolute atomic E-state index is 0.125. The van der Waals surface area contributed by atoms with Gasteiger partial charge in [-0.25, -0.2) is 4.79 Å². The third-order valence-corrected chi connectivity index (χ3v) is 17.0. The molecule has 0 atom stereocenters. The van der Waals surface area contributed by atoms with Crippen LogP contribution in [0, 0.1) is 0 Å². The van der Waals surface area contributed by atoms with Crippen molar-refractivity contribution in [3.63, 3.8) is 0 Å². The maximum atomic E-state index is 13.5. The Morgan fingerprint density at radius 2 is 1.38 bits per heavy atom. The quantitative estimate of drug-likeness (QED) is 0.0163. The lowest BCUT2D eigenvalue weighted by atomic mass is 9.81. The van der Waals surface area contributed by atoms with E-state index in [1.54, 1.807) is 37.4 Å². The number of methoxy groups -OCH3 is 2. The summed E-state index contributed by atoms with van der Waals surface area (Å²) in [7, 11) is -2.51. The van der Waals surface area contributed by atoms with Crippen LogP contribution in [0.15, 0.2) is 174 Å². The average molecular weight is 1020 g/mol. The number of carbonyl (C=O) groups excluding carboxylic acids is 3. The van der Waals surface area contributed by atoms with Crippen LogP contribution in [0.4, 0.5) is 11.4 Å². The first kappa shape index (κ1) is 54.2. The van der Waals surface area contributed by atoms with Gasteiger partial charge in [-0.05, 0) is 99.7 Å². The van der Waals surface area contributed by atoms with E-state index >= 15 is 0 Å². The number of rotatable bonds is 23. The highest BCUT2D eigenvalue weighted by Crippen LogP contribution is 2.48. The first-order valence-corrected chi connectivity index (χ1v) is 27.6. The van der Waals surface area contributed by atoms with Gasteiger partial charge in [0.25, 0.3) is 16.0 Å². The Morgan fingerprint density at radius 3 is 2.07 bits per heavy atom. The molecule has 11 nitrogen and oxygen atoms in total. The van der Waals surface area contributed by atoms with Gasteiger partial charge in [0.15, 0.2) is 5.71 Å². The van der Waals surface area contributed by atoms with Gasteiger partial charge in [0.2, 0.25) is 5.69 Å². The second kappa shape index (κ2) is 24.4. The SMILES string of the molecule is COCCN1C(=CC=CC=CC=CC2=[N+](CCCCCC(=O)CCCNC(=O)c3ccc(C(=O)OC)c(P(c4ccccc4)c4ccccc4)c3)c3ccccc3C2(C)C)C(C)(C)c2cc(S(=O)(=O)O)ccc21. The van der Waals surface area contributed by atoms with Crippen molar-refractivity contribution in [2.45, 2.75) is 81.9 Å². The van der Waals surface area contributed by atoms with Crippen LogP contribution < -0.4 is 26.1 Å². The number of Topliss-reactive ketones (excluding diaryl/α,β-unsaturated/α-hetero) is 1. The molecule has 1 amide bonds. The molecule has 380 valence electrons. The van der Waals surface area contributed by atoms with Crippen LogP contribution in [0.5, 0.6) is 0 Å². The Labute approximate surface area is 432 Å². The van der Waals surface area contributed by atoms with E-state index in [2.05, 4.69) is 65.1 Å². The number of benzene rings is 5. The van der Waals surface area contributed by atoms with Crippen LogP contribution in [-0.2, 0) is 35.2 Å². The summed E-state index contributed by atoms with van der Waals surface area (Å²) in [6, 6.07) is 38.4. The normalized spacial score (nSPS) is 15.5. The van der Waals surface area contributed by atoms with E-state index in [0.717, 1.165) is 58.7 Å². The molecule has 0 bridgehead atoms. The number of amides is 1. The molecular weight excluding hydrogens is 954 g/mol. The number of para-hydroxylation sites is 1. The predicted molar refractivity (Wildman–Crippen MR) is 295 cm³/mol. The van der Waals surface area contributed by atoms with Crippen LogP contribution in [0.25, 0.3) is 0 Å². The fourth-order valence-corrected chi connectivity index (χ4v) is 12.8. The van der Waals surface area contributed by atoms with Crippen molar-refractivity contribution in [3.8, 4) is 0 Å². The number of ether oxygens (including phenoxy) is 2. The van der Waals surface area contributed by atoms with Crippen LogP contribution in [-0.4, -0.2) is 81.4 Å². The standard InChI is InChI=1S/C60H66N3O8PS/c1-59(2)50-30-20-21-31-52(50)62(55(59)32-18-8-7-9-19-33-56-60(3,4)51-43-48(73(67,68)69)35-37-53(51)63(56)40-41-70-5)39-22-12-13-24-45(64)25-23-38-61-57(65)44-34-36-49(58(66)71-6)54(42-44)72(46-26-14-10-15-27-46)47-28-16-11-17-29-47/h7-11,14-21,26-37,42-43H,12-13,22-25,38-41H2,1-6H3,(H-,61,65,67,68,69)/p+1. The van der Waals surface area contributed by atoms with Crippen molar-refractivity contribution in [2.24, 2.45) is 0 Å². The third kappa shape index (κ3) is 12.8. The van der Waals surface area contributed by atoms with Crippen molar-refractivity contribution >= 4 is 68.7 Å². The number of nitrogens with one attached hydrogen (secondary N) is 1. The number of esters is 1. The molecule has 0 aliphatic carbocycles. The molecular formula is C60H67N3O8PS+. The highest BCUT2D eigenvalue weighted by Gasteiger charge is 2.44. The summed E-state index contributed by atoms with van der Waals surface area (Å²) < 4.78 is 46.6. The minimum atomic E-state index is -4.35. The Hall–Kier alpha value is -6.56. The van der Waals surface area contributed by atoms with Gasteiger partial charge in [-0.2, -0.15) is 13.0 Å². The van der Waals surface area contributed by atoms with E-state index in [9.17, 15) is 27.4 Å². The smallest absolute Gasteiger partial charge is 0.338 e. The zero-order valence-corrected chi connectivity index (χ0v) is 44.4. The lowest BCUT2D eigenvalue weighted by Crippen LogP contribution is -2.29. The van der Waals surface area contributed by atoms with E-state index < -0.39 is 29.4 Å². The highest BCUT2D eigenvalue weighted by atomic mass is 32.2. The third-order valence-electron chi connectivity index (χ3n) is 13.6. The molecule has 0 saturated carbocycles. The number of hydrogen-bond acceptors (Lipinski definition) is 8. The molecule has 0 unspecified atom stereocenters. The molecule has 2 heterocycles. The van der Waals surface area contributed by atoms with Gasteiger partial charge >= 0.3 is 5.97 Å². The van der Waals surface area contributed by atoms with E-state index in [4.69, 9.17) is 9.47 Å². The van der Waals surface area contributed by atoms with Crippen molar-refractivity contribution in [3.05, 3.63) is 192 Å². The maximum Gasteiger partial charge on any atom is 0.338 e. The van der Waals surface area contributed by atoms with E-state index in [1.165, 1.54) is 30.1 Å². The summed E-state index contributed by atoms with van der Waals surface area (Å²) >= 11 is 0. The largest absolute Gasteiger partial charge is 0.465 e. The molecule has 0 radical (unpaired) electrons. The first-order chi connectivity index (χ1) is 35.1. The second-order valence-electron chi connectivity index (χ2n) is 19.2. The molecule has 0 spiro atoms. The molecule has 5 aromatic rings. The molecule has 0 fully saturated rings. The van der Waals surface area contributed by atoms with E-state index in [-0.39, 0.29) is 22.0 Å². The summed E-state index contributed by atoms with van der Waals surface area (Å²) in [6.45, 7) is 10.8. The fourth-order valence-electron chi connectivity index (χ4n) is 9.81. The number of ketones is 1. The number of hydrogen-bond donors (Lipinski definition) is 2. The van der Waals surface area contributed by atoms with Crippen molar-refractivity contribution in [2.75, 3.05) is 45.4 Å². The Kier molecular flexibility index (Phi) is 18.2. The number of unbranched alkanes of at least 4 members (excludes halogenated alkanes) is 2. The molecule has 7 rings (SSSR count). The summed E-state index contributed by atoms with van der Waals surface area (Å²) in [5, 5.41) is 5.83. The van der Waals surface area contributed by atoms with Crippen LogP contribution in [0.3, 0.4) is 0 Å². The van der Waals surface area contributed by atoms with Crippen LogP contribution in [0.2, 0.25) is 0 Å². The van der Waals surface area contributed by atoms with Gasteiger partial charge in [-0.3, -0.25) is 14.1 Å². The van der Waals surface area contributed by atoms with Gasteiger partial charge in [-0.15, -0.1) is 0 Å². The average Bonchev–Trinajstić information content (AvgIpc) is 3.73. The van der Waals surface area contributed by atoms with Gasteiger partial charge in [-0.1, -0.05) is 123 Å². The monoisotopic (exact) mass is 1020 g/mol. The van der Waals surface area contributed by atoms with Crippen LogP contribution >= 0.6 is 7.92 Å². The minimum Gasteiger partial charge on any atom is -0.465 e. The number of carbonyl (C=O) groups is 3. The number of nitrogens with zero attached hydrogens (tertiary/aromatic N) is 2. The van der Waals surface area contributed by atoms with E-state index in [0.29, 0.717) is 50.1 Å². The molecule has 2 N–H and O–H groups in total. The molecule has 73 heavy (non-hydrogen) atoms. The second-order valence-corrected chi connectivity index (χ2v) is 22.8. The zero-order chi connectivity index (χ0) is 52.2. The lowest BCUT2D eigenvalue weighted by Gasteiger charge is -2.26. The van der Waals surface area contributed by atoms with Crippen molar-refractivity contribution < 1.29 is 41.4 Å². The Bertz CT molecular complexity index is 3030. The Balaban J connectivity index is 0.919. The number of anilines is 1. The molecule has 0 aromatic heterocycles. The molecule has 13 heteroatoms. The predicted octanol–water partition coefficient (Wildman–Crippen LogP) is 10.2. The topological polar surface area (TPSA) is 142 Å². The van der Waals surface area contributed by atoms with Gasteiger partial charge in [0.05, 0.1) is 29.6 Å². The lowest BCUT2D eigenvalue weighted by molar-refractivity contribution is -0.438. The molecule has 2 aliphatic heterocycles. The van der Waals surface area contributed by atoms with Crippen molar-refractivity contribution in [1.29, 1.82) is 0 Å². The highest BCUT2D eigenvalue weighted by molar-refractivity contribution is 7.85. The van der Waals surface area contributed by atoms with Gasteiger partial charge in [0, 0.05) is 84.8 Å². The zero-order valence-electron chi connectivity index (χ0n) is 42.7.